The largest absolute Gasteiger partial charge is 0.480 e. The molecule has 0 radical (unpaired) electrons. The maximum absolute atomic E-state index is 12.7. The van der Waals surface area contributed by atoms with Crippen LogP contribution in [0, 0.1) is 0 Å². The molecule has 0 aromatic heterocycles. The molecule has 0 saturated carbocycles. The van der Waals surface area contributed by atoms with Crippen molar-refractivity contribution < 1.29 is 33.7 Å². The summed E-state index contributed by atoms with van der Waals surface area (Å²) < 4.78 is 15.7. The van der Waals surface area contributed by atoms with E-state index >= 15 is 0 Å². The molecule has 1 unspecified atom stereocenters. The van der Waals surface area contributed by atoms with Crippen LogP contribution in [0.4, 0.5) is 4.79 Å². The highest BCUT2D eigenvalue weighted by atomic mass is 16.5. The number of fused-ring (bicyclic) bond motifs is 3. The molecule has 0 saturated heterocycles. The standard InChI is InChI=1S/C25H30N2O7/c1-32-14-13-27(15-23(28)29)24(30)22(33-2)11-12-26-25(31)34-16-21-19-9-5-3-7-17(19)18-8-4-6-10-20(18)21/h3-10,21-22H,11-16H2,1-2H3,(H,26,31)(H,28,29). The number of hydrogen-bond donors (Lipinski definition) is 2. The molecule has 2 N–H and O–H groups in total. The van der Waals surface area contributed by atoms with Crippen LogP contribution in [0.15, 0.2) is 48.5 Å². The number of ether oxygens (including phenoxy) is 3. The van der Waals surface area contributed by atoms with Gasteiger partial charge >= 0.3 is 12.1 Å². The van der Waals surface area contributed by atoms with E-state index in [0.29, 0.717) is 0 Å². The zero-order chi connectivity index (χ0) is 24.5. The SMILES string of the molecule is COCCN(CC(=O)O)C(=O)C(CCNC(=O)OCC1c2ccccc2-c2ccccc21)OC. The van der Waals surface area contributed by atoms with Crippen molar-refractivity contribution >= 4 is 18.0 Å². The summed E-state index contributed by atoms with van der Waals surface area (Å²) in [5.41, 5.74) is 4.54. The second-order valence-electron chi connectivity index (χ2n) is 7.91. The van der Waals surface area contributed by atoms with E-state index in [1.54, 1.807) is 0 Å². The number of carbonyl (C=O) groups excluding carboxylic acids is 2. The van der Waals surface area contributed by atoms with Gasteiger partial charge in [-0.3, -0.25) is 9.59 Å². The normalized spacial score (nSPS) is 13.0. The number of hydrogen-bond acceptors (Lipinski definition) is 6. The maximum Gasteiger partial charge on any atom is 0.407 e. The third kappa shape index (κ3) is 6.12. The molecule has 9 nitrogen and oxygen atoms in total. The number of nitrogens with zero attached hydrogens (tertiary/aromatic N) is 1. The number of benzene rings is 2. The Morgan fingerprint density at radius 2 is 1.65 bits per heavy atom. The van der Waals surface area contributed by atoms with Gasteiger partial charge in [-0.05, 0) is 22.3 Å². The van der Waals surface area contributed by atoms with E-state index in [4.69, 9.17) is 19.3 Å². The molecule has 2 aromatic carbocycles. The maximum atomic E-state index is 12.7. The van der Waals surface area contributed by atoms with E-state index in [0.717, 1.165) is 27.2 Å². The Labute approximate surface area is 198 Å². The van der Waals surface area contributed by atoms with Gasteiger partial charge in [0.05, 0.1) is 6.61 Å². The first kappa shape index (κ1) is 25.2. The lowest BCUT2D eigenvalue weighted by atomic mass is 9.98. The molecule has 0 aliphatic heterocycles. The molecular weight excluding hydrogens is 440 g/mol. The lowest BCUT2D eigenvalue weighted by molar-refractivity contribution is -0.150. The average molecular weight is 471 g/mol. The molecule has 1 aliphatic rings. The zero-order valence-electron chi connectivity index (χ0n) is 19.4. The number of aliphatic carboxylic acids is 1. The number of alkyl carbamates (subject to hydrolysis) is 1. The Bertz CT molecular complexity index is 965. The van der Waals surface area contributed by atoms with Crippen LogP contribution in [0.3, 0.4) is 0 Å². The summed E-state index contributed by atoms with van der Waals surface area (Å²) in [5, 5.41) is 11.7. The number of carbonyl (C=O) groups is 3. The summed E-state index contributed by atoms with van der Waals surface area (Å²) >= 11 is 0. The molecule has 1 atom stereocenters. The molecule has 34 heavy (non-hydrogen) atoms. The fraction of sp³-hybridized carbons (Fsp3) is 0.400. The second kappa shape index (κ2) is 12.2. The van der Waals surface area contributed by atoms with E-state index in [-0.39, 0.29) is 38.6 Å². The highest BCUT2D eigenvalue weighted by Crippen LogP contribution is 2.44. The summed E-state index contributed by atoms with van der Waals surface area (Å²) in [5.74, 6) is -1.65. The molecule has 9 heteroatoms. The van der Waals surface area contributed by atoms with Crippen molar-refractivity contribution in [1.82, 2.24) is 10.2 Å². The summed E-state index contributed by atoms with van der Waals surface area (Å²) in [6.07, 6.45) is -1.32. The van der Waals surface area contributed by atoms with Gasteiger partial charge in [0.1, 0.15) is 19.3 Å². The fourth-order valence-corrected chi connectivity index (χ4v) is 4.13. The summed E-state index contributed by atoms with van der Waals surface area (Å²) in [6, 6.07) is 16.1. The Morgan fingerprint density at radius 1 is 1.03 bits per heavy atom. The van der Waals surface area contributed by atoms with Crippen molar-refractivity contribution in [2.24, 2.45) is 0 Å². The van der Waals surface area contributed by atoms with Gasteiger partial charge in [0, 0.05) is 39.6 Å². The van der Waals surface area contributed by atoms with Crippen LogP contribution in [0.2, 0.25) is 0 Å². The number of methoxy groups -OCH3 is 2. The number of nitrogens with one attached hydrogen (secondary N) is 1. The lowest BCUT2D eigenvalue weighted by Crippen LogP contribution is -2.45. The van der Waals surface area contributed by atoms with Crippen LogP contribution in [0.5, 0.6) is 0 Å². The van der Waals surface area contributed by atoms with Crippen LogP contribution in [0.1, 0.15) is 23.5 Å². The molecule has 1 aliphatic carbocycles. The van der Waals surface area contributed by atoms with Gasteiger partial charge in [-0.2, -0.15) is 0 Å². The summed E-state index contributed by atoms with van der Waals surface area (Å²) in [7, 11) is 2.83. The Hall–Kier alpha value is -3.43. The molecule has 0 heterocycles. The highest BCUT2D eigenvalue weighted by Gasteiger charge is 2.29. The molecule has 2 amide bonds. The Morgan fingerprint density at radius 3 is 2.21 bits per heavy atom. The van der Waals surface area contributed by atoms with Gasteiger partial charge < -0.3 is 29.5 Å². The third-order valence-corrected chi connectivity index (χ3v) is 5.78. The van der Waals surface area contributed by atoms with Crippen molar-refractivity contribution in [3.8, 4) is 11.1 Å². The van der Waals surface area contributed by atoms with Crippen LogP contribution in [0.25, 0.3) is 11.1 Å². The average Bonchev–Trinajstić information content (AvgIpc) is 3.16. The number of amides is 2. The fourth-order valence-electron chi connectivity index (χ4n) is 4.13. The minimum atomic E-state index is -1.13. The lowest BCUT2D eigenvalue weighted by Gasteiger charge is -2.25. The molecule has 2 aromatic rings. The first-order valence-electron chi connectivity index (χ1n) is 11.1. The summed E-state index contributed by atoms with van der Waals surface area (Å²) in [6.45, 7) is 0.193. The topological polar surface area (TPSA) is 114 Å². The molecule has 182 valence electrons. The second-order valence-corrected chi connectivity index (χ2v) is 7.91. The van der Waals surface area contributed by atoms with Gasteiger partial charge in [0.2, 0.25) is 0 Å². The third-order valence-electron chi connectivity index (χ3n) is 5.78. The monoisotopic (exact) mass is 470 g/mol. The van der Waals surface area contributed by atoms with E-state index in [1.165, 1.54) is 14.2 Å². The molecule has 3 rings (SSSR count). The van der Waals surface area contributed by atoms with Crippen LogP contribution < -0.4 is 5.32 Å². The van der Waals surface area contributed by atoms with Crippen molar-refractivity contribution in [2.75, 3.05) is 47.1 Å². The van der Waals surface area contributed by atoms with Crippen molar-refractivity contribution in [1.29, 1.82) is 0 Å². The predicted molar refractivity (Wildman–Crippen MR) is 125 cm³/mol. The number of rotatable bonds is 12. The summed E-state index contributed by atoms with van der Waals surface area (Å²) in [4.78, 5) is 37.2. The van der Waals surface area contributed by atoms with Gasteiger partial charge in [-0.1, -0.05) is 48.5 Å². The molecular formula is C25H30N2O7. The van der Waals surface area contributed by atoms with Crippen LogP contribution in [-0.4, -0.2) is 81.1 Å². The minimum absolute atomic E-state index is 0.0446. The molecule has 0 fully saturated rings. The first-order chi connectivity index (χ1) is 16.5. The Kier molecular flexibility index (Phi) is 9.00. The van der Waals surface area contributed by atoms with E-state index in [2.05, 4.69) is 17.4 Å². The number of carboxylic acid groups (broad SMARTS) is 1. The van der Waals surface area contributed by atoms with Gasteiger partial charge in [-0.15, -0.1) is 0 Å². The van der Waals surface area contributed by atoms with Gasteiger partial charge in [-0.25, -0.2) is 4.79 Å². The van der Waals surface area contributed by atoms with E-state index in [1.807, 2.05) is 36.4 Å². The minimum Gasteiger partial charge on any atom is -0.480 e. The Balaban J connectivity index is 1.51. The quantitative estimate of drug-likeness (QED) is 0.490. The van der Waals surface area contributed by atoms with Gasteiger partial charge in [0.15, 0.2) is 0 Å². The van der Waals surface area contributed by atoms with Crippen molar-refractivity contribution in [2.45, 2.75) is 18.4 Å². The van der Waals surface area contributed by atoms with E-state index in [9.17, 15) is 14.4 Å². The van der Waals surface area contributed by atoms with Crippen LogP contribution in [-0.2, 0) is 23.8 Å². The highest BCUT2D eigenvalue weighted by molar-refractivity contribution is 5.84. The van der Waals surface area contributed by atoms with E-state index < -0.39 is 30.6 Å². The first-order valence-corrected chi connectivity index (χ1v) is 11.1. The molecule has 0 spiro atoms. The van der Waals surface area contributed by atoms with Gasteiger partial charge in [0.25, 0.3) is 5.91 Å². The smallest absolute Gasteiger partial charge is 0.407 e. The van der Waals surface area contributed by atoms with Crippen LogP contribution >= 0.6 is 0 Å². The predicted octanol–water partition coefficient (Wildman–Crippen LogP) is 2.49. The van der Waals surface area contributed by atoms with Crippen molar-refractivity contribution in [3.05, 3.63) is 59.7 Å². The zero-order valence-corrected chi connectivity index (χ0v) is 19.4. The molecule has 0 bridgehead atoms. The van der Waals surface area contributed by atoms with Crippen molar-refractivity contribution in [3.63, 3.8) is 0 Å². The number of carboxylic acids is 1.